The van der Waals surface area contributed by atoms with E-state index in [1.54, 1.807) is 12.2 Å². The van der Waals surface area contributed by atoms with E-state index in [1.165, 1.54) is 0 Å². The van der Waals surface area contributed by atoms with Crippen LogP contribution in [-0.2, 0) is 4.79 Å². The number of hydrogen-bond donors (Lipinski definition) is 1. The summed E-state index contributed by atoms with van der Waals surface area (Å²) in [6.45, 7) is 5.51. The van der Waals surface area contributed by atoms with E-state index < -0.39 is 0 Å². The smallest absolute Gasteiger partial charge is 0.207 e. The van der Waals surface area contributed by atoms with Gasteiger partial charge in [0, 0.05) is 4.91 Å². The van der Waals surface area contributed by atoms with Crippen molar-refractivity contribution in [3.63, 3.8) is 0 Å². The van der Waals surface area contributed by atoms with Crippen molar-refractivity contribution in [3.05, 3.63) is 35.8 Å². The van der Waals surface area contributed by atoms with E-state index in [9.17, 15) is 4.79 Å². The zero-order valence-corrected chi connectivity index (χ0v) is 7.93. The minimum atomic E-state index is -0.0406. The fourth-order valence-corrected chi connectivity index (χ4v) is 1.29. The van der Waals surface area contributed by atoms with Crippen LogP contribution in [0.1, 0.15) is 6.92 Å². The number of hydrogen-bond acceptors (Lipinski definition) is 3. The number of carbonyl (C=O) groups is 1. The summed E-state index contributed by atoms with van der Waals surface area (Å²) >= 11 is 1.13. The van der Waals surface area contributed by atoms with Crippen molar-refractivity contribution in [2.75, 3.05) is 6.54 Å². The second-order valence-corrected chi connectivity index (χ2v) is 3.11. The highest BCUT2D eigenvalue weighted by Crippen LogP contribution is 2.17. The molecule has 0 unspecified atom stereocenters. The Morgan fingerprint density at radius 1 is 1.67 bits per heavy atom. The molecule has 0 bridgehead atoms. The standard InChI is InChI=1S/C9H13NOS/c1-3-5-8(6-4-2)12-9(11)7-10/h3-6H,1,7,10H2,2H3/b6-4-,8-5+. The molecule has 0 saturated carbocycles. The van der Waals surface area contributed by atoms with Crippen molar-refractivity contribution in [2.45, 2.75) is 6.92 Å². The SMILES string of the molecule is C=C/C=C(\C=C/C)SC(=O)CN. The second kappa shape index (κ2) is 6.88. The quantitative estimate of drug-likeness (QED) is 0.676. The van der Waals surface area contributed by atoms with Gasteiger partial charge in [-0.05, 0) is 13.0 Å². The molecule has 0 spiro atoms. The first-order valence-electron chi connectivity index (χ1n) is 3.60. The van der Waals surface area contributed by atoms with Crippen LogP contribution >= 0.6 is 11.8 Å². The van der Waals surface area contributed by atoms with Crippen LogP contribution in [0.25, 0.3) is 0 Å². The van der Waals surface area contributed by atoms with E-state index in [-0.39, 0.29) is 11.7 Å². The molecule has 0 aliphatic carbocycles. The Hall–Kier alpha value is -0.800. The number of carbonyl (C=O) groups excluding carboxylic acids is 1. The van der Waals surface area contributed by atoms with Gasteiger partial charge in [-0.2, -0.15) is 0 Å². The minimum absolute atomic E-state index is 0.0406. The van der Waals surface area contributed by atoms with E-state index in [4.69, 9.17) is 5.73 Å². The van der Waals surface area contributed by atoms with Crippen molar-refractivity contribution in [3.8, 4) is 0 Å². The van der Waals surface area contributed by atoms with E-state index in [0.717, 1.165) is 16.7 Å². The maximum absolute atomic E-state index is 10.9. The number of nitrogens with two attached hydrogens (primary N) is 1. The van der Waals surface area contributed by atoms with Crippen LogP contribution in [0, 0.1) is 0 Å². The van der Waals surface area contributed by atoms with Gasteiger partial charge in [0.2, 0.25) is 5.12 Å². The predicted molar refractivity (Wildman–Crippen MR) is 54.7 cm³/mol. The third-order valence-electron chi connectivity index (χ3n) is 1.01. The van der Waals surface area contributed by atoms with Gasteiger partial charge in [0.25, 0.3) is 0 Å². The van der Waals surface area contributed by atoms with Crippen LogP contribution in [-0.4, -0.2) is 11.7 Å². The van der Waals surface area contributed by atoms with E-state index in [2.05, 4.69) is 6.58 Å². The minimum Gasteiger partial charge on any atom is -0.323 e. The normalized spacial score (nSPS) is 12.0. The highest BCUT2D eigenvalue weighted by molar-refractivity contribution is 8.17. The summed E-state index contributed by atoms with van der Waals surface area (Å²) in [6, 6.07) is 0. The van der Waals surface area contributed by atoms with Crippen LogP contribution in [0.3, 0.4) is 0 Å². The molecule has 0 amide bonds. The monoisotopic (exact) mass is 183 g/mol. The average Bonchev–Trinajstić information content (AvgIpc) is 2.05. The molecule has 12 heavy (non-hydrogen) atoms. The van der Waals surface area contributed by atoms with E-state index in [0.29, 0.717) is 0 Å². The summed E-state index contributed by atoms with van der Waals surface area (Å²) in [5.74, 6) is 0. The molecule has 66 valence electrons. The lowest BCUT2D eigenvalue weighted by molar-refractivity contribution is -0.109. The number of allylic oxidation sites excluding steroid dienone is 4. The lowest BCUT2D eigenvalue weighted by atomic mass is 10.4. The number of thioether (sulfide) groups is 1. The zero-order valence-electron chi connectivity index (χ0n) is 7.12. The Morgan fingerprint density at radius 3 is 2.75 bits per heavy atom. The lowest BCUT2D eigenvalue weighted by Crippen LogP contribution is -2.08. The van der Waals surface area contributed by atoms with Crippen LogP contribution in [0.15, 0.2) is 35.8 Å². The largest absolute Gasteiger partial charge is 0.323 e. The Balaban J connectivity index is 4.23. The summed E-state index contributed by atoms with van der Waals surface area (Å²) in [7, 11) is 0. The summed E-state index contributed by atoms with van der Waals surface area (Å²) < 4.78 is 0. The molecule has 0 atom stereocenters. The second-order valence-electron chi connectivity index (χ2n) is 1.98. The van der Waals surface area contributed by atoms with Crippen molar-refractivity contribution in [2.24, 2.45) is 5.73 Å². The van der Waals surface area contributed by atoms with Crippen molar-refractivity contribution >= 4 is 16.9 Å². The molecule has 0 aromatic rings. The van der Waals surface area contributed by atoms with Gasteiger partial charge in [0.05, 0.1) is 6.54 Å². The summed E-state index contributed by atoms with van der Waals surface area (Å²) in [6.07, 6.45) is 7.14. The molecule has 2 nitrogen and oxygen atoms in total. The fourth-order valence-electron chi connectivity index (χ4n) is 0.577. The van der Waals surface area contributed by atoms with Gasteiger partial charge in [-0.25, -0.2) is 0 Å². The van der Waals surface area contributed by atoms with Crippen LogP contribution < -0.4 is 5.73 Å². The number of rotatable bonds is 4. The molecule has 0 fully saturated rings. The Bertz CT molecular complexity index is 219. The van der Waals surface area contributed by atoms with Gasteiger partial charge in [-0.3, -0.25) is 4.79 Å². The highest BCUT2D eigenvalue weighted by Gasteiger charge is 2.00. The third-order valence-corrected chi connectivity index (χ3v) is 1.91. The highest BCUT2D eigenvalue weighted by atomic mass is 32.2. The van der Waals surface area contributed by atoms with E-state index in [1.807, 2.05) is 19.1 Å². The topological polar surface area (TPSA) is 43.1 Å². The molecule has 0 aromatic heterocycles. The Labute approximate surface area is 77.2 Å². The zero-order chi connectivity index (χ0) is 9.40. The van der Waals surface area contributed by atoms with Gasteiger partial charge in [-0.15, -0.1) is 0 Å². The fraction of sp³-hybridized carbons (Fsp3) is 0.222. The maximum Gasteiger partial charge on any atom is 0.207 e. The van der Waals surface area contributed by atoms with Gasteiger partial charge >= 0.3 is 0 Å². The third kappa shape index (κ3) is 4.93. The van der Waals surface area contributed by atoms with Crippen molar-refractivity contribution in [1.82, 2.24) is 0 Å². The van der Waals surface area contributed by atoms with Crippen molar-refractivity contribution < 1.29 is 4.79 Å². The Kier molecular flexibility index (Phi) is 6.42. The van der Waals surface area contributed by atoms with Gasteiger partial charge < -0.3 is 5.73 Å². The van der Waals surface area contributed by atoms with Crippen LogP contribution in [0.5, 0.6) is 0 Å². The molecule has 3 heteroatoms. The summed E-state index contributed by atoms with van der Waals surface area (Å²) in [5, 5.41) is -0.0406. The van der Waals surface area contributed by atoms with Gasteiger partial charge in [0.15, 0.2) is 0 Å². The summed E-state index contributed by atoms with van der Waals surface area (Å²) in [5.41, 5.74) is 5.17. The molecule has 0 rings (SSSR count). The predicted octanol–water partition coefficient (Wildman–Crippen LogP) is 1.85. The maximum atomic E-state index is 10.9. The lowest BCUT2D eigenvalue weighted by Gasteiger charge is -1.96. The Morgan fingerprint density at radius 2 is 2.33 bits per heavy atom. The molecule has 0 saturated heterocycles. The van der Waals surface area contributed by atoms with Gasteiger partial charge in [-0.1, -0.05) is 36.6 Å². The summed E-state index contributed by atoms with van der Waals surface area (Å²) in [4.78, 5) is 11.8. The van der Waals surface area contributed by atoms with E-state index >= 15 is 0 Å². The molecule has 0 heterocycles. The molecule has 0 radical (unpaired) electrons. The molecular formula is C9H13NOS. The first-order chi connectivity index (χ1) is 5.74. The molecular weight excluding hydrogens is 170 g/mol. The average molecular weight is 183 g/mol. The van der Waals surface area contributed by atoms with Crippen LogP contribution in [0.2, 0.25) is 0 Å². The molecule has 2 N–H and O–H groups in total. The van der Waals surface area contributed by atoms with Gasteiger partial charge in [0.1, 0.15) is 0 Å². The molecule has 0 aliphatic heterocycles. The first-order valence-corrected chi connectivity index (χ1v) is 4.42. The molecule has 0 aliphatic rings. The molecule has 0 aromatic carbocycles. The first kappa shape index (κ1) is 11.2. The van der Waals surface area contributed by atoms with Crippen LogP contribution in [0.4, 0.5) is 0 Å². The van der Waals surface area contributed by atoms with Crippen molar-refractivity contribution in [1.29, 1.82) is 0 Å².